The molecule has 0 bridgehead atoms. The smallest absolute Gasteiger partial charge is 0.337 e. The maximum Gasteiger partial charge on any atom is 0.337 e. The van der Waals surface area contributed by atoms with Crippen LogP contribution in [0, 0.1) is 0 Å². The predicted octanol–water partition coefficient (Wildman–Crippen LogP) is 2.41. The zero-order valence-corrected chi connectivity index (χ0v) is 12.9. The predicted molar refractivity (Wildman–Crippen MR) is 80.5 cm³/mol. The Balaban J connectivity index is 2.46. The molecule has 19 heavy (non-hydrogen) atoms. The third kappa shape index (κ3) is 2.96. The third-order valence-corrected chi connectivity index (χ3v) is 3.63. The molecule has 0 fully saturated rings. The number of rotatable bonds is 2. The van der Waals surface area contributed by atoms with Gasteiger partial charge in [0, 0.05) is 10.2 Å². The van der Waals surface area contributed by atoms with E-state index in [4.69, 9.17) is 17.0 Å². The molecule has 0 unspecified atom stereocenters. The molecular weight excluding hydrogens is 328 g/mol. The van der Waals surface area contributed by atoms with Gasteiger partial charge in [0.05, 0.1) is 18.7 Å². The number of methoxy groups -OCH3 is 1. The summed E-state index contributed by atoms with van der Waals surface area (Å²) in [5.41, 5.74) is 2.20. The first-order valence-electron chi connectivity index (χ1n) is 5.65. The van der Waals surface area contributed by atoms with Crippen LogP contribution in [0.5, 0.6) is 0 Å². The van der Waals surface area contributed by atoms with Gasteiger partial charge < -0.3 is 15.4 Å². The summed E-state index contributed by atoms with van der Waals surface area (Å²) in [4.78, 5) is 11.9. The second kappa shape index (κ2) is 5.71. The lowest BCUT2D eigenvalue weighted by Gasteiger charge is -2.29. The molecule has 1 heterocycles. The van der Waals surface area contributed by atoms with E-state index in [1.807, 2.05) is 31.2 Å². The molecule has 6 heteroatoms. The highest BCUT2D eigenvalue weighted by atomic mass is 79.9. The molecule has 100 valence electrons. The zero-order chi connectivity index (χ0) is 14.0. The highest BCUT2D eigenvalue weighted by Crippen LogP contribution is 2.28. The van der Waals surface area contributed by atoms with E-state index in [9.17, 15) is 4.79 Å². The summed E-state index contributed by atoms with van der Waals surface area (Å²) in [5, 5.41) is 6.54. The summed E-state index contributed by atoms with van der Waals surface area (Å²) in [6.45, 7) is 1.81. The average Bonchev–Trinajstić information content (AvgIpc) is 2.38. The van der Waals surface area contributed by atoms with Gasteiger partial charge in [0.25, 0.3) is 0 Å². The first-order valence-corrected chi connectivity index (χ1v) is 6.85. The molecule has 0 saturated carbocycles. The van der Waals surface area contributed by atoms with E-state index >= 15 is 0 Å². The van der Waals surface area contributed by atoms with Crippen LogP contribution < -0.4 is 10.6 Å². The monoisotopic (exact) mass is 340 g/mol. The van der Waals surface area contributed by atoms with Crippen molar-refractivity contribution in [3.63, 3.8) is 0 Å². The van der Waals surface area contributed by atoms with Crippen molar-refractivity contribution in [2.75, 3.05) is 7.11 Å². The number of esters is 1. The molecule has 0 spiro atoms. The molecule has 0 amide bonds. The molecule has 2 rings (SSSR count). The first kappa shape index (κ1) is 14.0. The number of benzene rings is 1. The largest absolute Gasteiger partial charge is 0.466 e. The molecule has 4 nitrogen and oxygen atoms in total. The second-order valence-corrected chi connectivity index (χ2v) is 5.44. The standard InChI is InChI=1S/C13H13BrN2O2S/c1-7-10(12(17)18-2)11(16-13(19)15-7)8-3-5-9(14)6-4-8/h3-6,11H,1-2H3,(H2,15,16,19)/t11-/m1/s1. The fourth-order valence-electron chi connectivity index (χ4n) is 1.98. The molecule has 1 atom stereocenters. The van der Waals surface area contributed by atoms with Gasteiger partial charge in [-0.05, 0) is 36.8 Å². The van der Waals surface area contributed by atoms with Crippen LogP contribution in [0.2, 0.25) is 0 Å². The van der Waals surface area contributed by atoms with Gasteiger partial charge in [-0.1, -0.05) is 28.1 Å². The Labute approximate surface area is 125 Å². The van der Waals surface area contributed by atoms with Crippen LogP contribution in [0.4, 0.5) is 0 Å². The van der Waals surface area contributed by atoms with E-state index in [1.54, 1.807) is 0 Å². The Hall–Kier alpha value is -1.40. The lowest BCUT2D eigenvalue weighted by atomic mass is 9.96. The molecule has 0 radical (unpaired) electrons. The van der Waals surface area contributed by atoms with E-state index in [1.165, 1.54) is 7.11 Å². The summed E-state index contributed by atoms with van der Waals surface area (Å²) in [6, 6.07) is 7.42. The minimum Gasteiger partial charge on any atom is -0.466 e. The van der Waals surface area contributed by atoms with Gasteiger partial charge in [0.15, 0.2) is 5.11 Å². The first-order chi connectivity index (χ1) is 9.02. The zero-order valence-electron chi connectivity index (χ0n) is 10.5. The molecule has 0 aromatic heterocycles. The van der Waals surface area contributed by atoms with E-state index in [0.29, 0.717) is 16.4 Å². The van der Waals surface area contributed by atoms with E-state index < -0.39 is 0 Å². The van der Waals surface area contributed by atoms with Gasteiger partial charge in [-0.15, -0.1) is 0 Å². The highest BCUT2D eigenvalue weighted by molar-refractivity contribution is 9.10. The topological polar surface area (TPSA) is 50.4 Å². The van der Waals surface area contributed by atoms with Crippen LogP contribution in [-0.4, -0.2) is 18.2 Å². The van der Waals surface area contributed by atoms with Crippen molar-refractivity contribution in [1.82, 2.24) is 10.6 Å². The Morgan fingerprint density at radius 1 is 1.37 bits per heavy atom. The molecule has 1 aliphatic rings. The summed E-state index contributed by atoms with van der Waals surface area (Å²) in [5.74, 6) is -0.368. The summed E-state index contributed by atoms with van der Waals surface area (Å²) in [7, 11) is 1.37. The van der Waals surface area contributed by atoms with Crippen molar-refractivity contribution in [2.45, 2.75) is 13.0 Å². The number of allylic oxidation sites excluding steroid dienone is 1. The van der Waals surface area contributed by atoms with Gasteiger partial charge in [0.2, 0.25) is 0 Å². The number of nitrogens with one attached hydrogen (secondary N) is 2. The van der Waals surface area contributed by atoms with Crippen molar-refractivity contribution >= 4 is 39.2 Å². The molecule has 1 aromatic rings. The van der Waals surface area contributed by atoms with Crippen LogP contribution in [0.3, 0.4) is 0 Å². The number of thiocarbonyl (C=S) groups is 1. The number of ether oxygens (including phenoxy) is 1. The van der Waals surface area contributed by atoms with Crippen LogP contribution in [0.1, 0.15) is 18.5 Å². The van der Waals surface area contributed by atoms with Crippen molar-refractivity contribution in [3.8, 4) is 0 Å². The quantitative estimate of drug-likeness (QED) is 0.639. The second-order valence-electron chi connectivity index (χ2n) is 4.11. The third-order valence-electron chi connectivity index (χ3n) is 2.88. The molecular formula is C13H13BrN2O2S. The normalized spacial score (nSPS) is 18.7. The maximum absolute atomic E-state index is 11.9. The van der Waals surface area contributed by atoms with Crippen LogP contribution in [0.25, 0.3) is 0 Å². The average molecular weight is 341 g/mol. The van der Waals surface area contributed by atoms with Crippen LogP contribution in [-0.2, 0) is 9.53 Å². The number of carbonyl (C=O) groups excluding carboxylic acids is 1. The van der Waals surface area contributed by atoms with E-state index in [-0.39, 0.29) is 12.0 Å². The Morgan fingerprint density at radius 2 is 2.00 bits per heavy atom. The van der Waals surface area contributed by atoms with Crippen molar-refractivity contribution in [3.05, 3.63) is 45.6 Å². The van der Waals surface area contributed by atoms with Crippen LogP contribution in [0.15, 0.2) is 40.0 Å². The summed E-state index contributed by atoms with van der Waals surface area (Å²) >= 11 is 8.53. The maximum atomic E-state index is 11.9. The number of hydrogen-bond acceptors (Lipinski definition) is 3. The number of hydrogen-bond donors (Lipinski definition) is 2. The van der Waals surface area contributed by atoms with E-state index in [0.717, 1.165) is 10.0 Å². The van der Waals surface area contributed by atoms with Gasteiger partial charge in [0.1, 0.15) is 0 Å². The highest BCUT2D eigenvalue weighted by Gasteiger charge is 2.30. The van der Waals surface area contributed by atoms with E-state index in [2.05, 4.69) is 26.6 Å². The Morgan fingerprint density at radius 3 is 2.58 bits per heavy atom. The SMILES string of the molecule is COC(=O)C1=C(C)NC(=S)N[C@@H]1c1ccc(Br)cc1. The summed E-state index contributed by atoms with van der Waals surface area (Å²) in [6.07, 6.45) is 0. The van der Waals surface area contributed by atoms with Gasteiger partial charge in [-0.25, -0.2) is 4.79 Å². The number of carbonyl (C=O) groups is 1. The molecule has 2 N–H and O–H groups in total. The minimum absolute atomic E-state index is 0.297. The molecule has 0 saturated heterocycles. The fraction of sp³-hybridized carbons (Fsp3) is 0.231. The van der Waals surface area contributed by atoms with Crippen molar-refractivity contribution in [2.24, 2.45) is 0 Å². The van der Waals surface area contributed by atoms with Crippen LogP contribution >= 0.6 is 28.1 Å². The Bertz CT molecular complexity index is 554. The van der Waals surface area contributed by atoms with Crippen molar-refractivity contribution < 1.29 is 9.53 Å². The molecule has 0 aliphatic carbocycles. The Kier molecular flexibility index (Phi) is 4.21. The summed E-state index contributed by atoms with van der Waals surface area (Å²) < 4.78 is 5.82. The molecule has 1 aromatic carbocycles. The van der Waals surface area contributed by atoms with Crippen molar-refractivity contribution in [1.29, 1.82) is 0 Å². The van der Waals surface area contributed by atoms with Gasteiger partial charge >= 0.3 is 5.97 Å². The lowest BCUT2D eigenvalue weighted by Crippen LogP contribution is -2.45. The minimum atomic E-state index is -0.368. The van der Waals surface area contributed by atoms with Gasteiger partial charge in [-0.3, -0.25) is 0 Å². The molecule has 1 aliphatic heterocycles. The van der Waals surface area contributed by atoms with Gasteiger partial charge in [-0.2, -0.15) is 0 Å². The number of halogens is 1. The fourth-order valence-corrected chi connectivity index (χ4v) is 2.51. The lowest BCUT2D eigenvalue weighted by molar-refractivity contribution is -0.136.